The van der Waals surface area contributed by atoms with Crippen molar-refractivity contribution in [3.63, 3.8) is 0 Å². The van der Waals surface area contributed by atoms with E-state index in [9.17, 15) is 0 Å². The molecule has 0 atom stereocenters. The van der Waals surface area contributed by atoms with E-state index in [4.69, 9.17) is 18.9 Å². The summed E-state index contributed by atoms with van der Waals surface area (Å²) in [4.78, 5) is 4.82. The maximum atomic E-state index is 6.11. The molecule has 1 heterocycles. The second-order valence-corrected chi connectivity index (χ2v) is 12.9. The summed E-state index contributed by atoms with van der Waals surface area (Å²) in [6.07, 6.45) is 5.24. The molecule has 0 bridgehead atoms. The van der Waals surface area contributed by atoms with Crippen LogP contribution in [0.2, 0.25) is 0 Å². The first-order valence-electron chi connectivity index (χ1n) is 13.3. The molecule has 0 aliphatic rings. The van der Waals surface area contributed by atoms with E-state index in [-0.39, 0.29) is 16.4 Å². The molecule has 0 unspecified atom stereocenters. The SMILES string of the molecule is COc1cc(C=Cc2ccc(-c3nc4cc(C(C)(C)CC(C)(C)C)ccc4o3)cc2)ccc1OC(C)(C)C. The zero-order chi connectivity index (χ0) is 27.7. The molecule has 3 aromatic carbocycles. The van der Waals surface area contributed by atoms with Crippen molar-refractivity contribution < 1.29 is 13.9 Å². The maximum Gasteiger partial charge on any atom is 0.227 e. The number of fused-ring (bicyclic) bond motifs is 1. The Kier molecular flexibility index (Phi) is 7.47. The highest BCUT2D eigenvalue weighted by Gasteiger charge is 2.28. The van der Waals surface area contributed by atoms with Crippen LogP contribution in [0.3, 0.4) is 0 Å². The molecular formula is C34H41NO3. The molecule has 4 nitrogen and oxygen atoms in total. The van der Waals surface area contributed by atoms with Gasteiger partial charge in [-0.15, -0.1) is 0 Å². The van der Waals surface area contributed by atoms with Crippen LogP contribution < -0.4 is 9.47 Å². The maximum absolute atomic E-state index is 6.11. The minimum Gasteiger partial charge on any atom is -0.493 e. The van der Waals surface area contributed by atoms with Gasteiger partial charge in [-0.25, -0.2) is 4.98 Å². The molecule has 0 fully saturated rings. The minimum absolute atomic E-state index is 0.0590. The van der Waals surface area contributed by atoms with Gasteiger partial charge in [-0.1, -0.05) is 71.0 Å². The first-order valence-corrected chi connectivity index (χ1v) is 13.3. The Balaban J connectivity index is 1.51. The Bertz CT molecular complexity index is 1430. The van der Waals surface area contributed by atoms with Gasteiger partial charge in [0.15, 0.2) is 17.1 Å². The number of methoxy groups -OCH3 is 1. The molecule has 0 saturated carbocycles. The molecule has 4 aromatic rings. The van der Waals surface area contributed by atoms with E-state index < -0.39 is 0 Å². The molecule has 0 N–H and O–H groups in total. The molecule has 200 valence electrons. The molecule has 4 rings (SSSR count). The average Bonchev–Trinajstić information content (AvgIpc) is 3.25. The smallest absolute Gasteiger partial charge is 0.227 e. The quantitative estimate of drug-likeness (QED) is 0.232. The predicted molar refractivity (Wildman–Crippen MR) is 159 cm³/mol. The van der Waals surface area contributed by atoms with Crippen molar-refractivity contribution >= 4 is 23.3 Å². The third-order valence-electron chi connectivity index (χ3n) is 6.37. The van der Waals surface area contributed by atoms with Crippen LogP contribution in [-0.4, -0.2) is 17.7 Å². The largest absolute Gasteiger partial charge is 0.493 e. The fourth-order valence-electron chi connectivity index (χ4n) is 5.03. The van der Waals surface area contributed by atoms with Gasteiger partial charge in [-0.2, -0.15) is 0 Å². The lowest BCUT2D eigenvalue weighted by Crippen LogP contribution is -2.24. The zero-order valence-electron chi connectivity index (χ0n) is 24.3. The van der Waals surface area contributed by atoms with E-state index in [2.05, 4.69) is 89.2 Å². The van der Waals surface area contributed by atoms with Gasteiger partial charge in [0.05, 0.1) is 7.11 Å². The fraction of sp³-hybridized carbons (Fsp3) is 0.382. The normalized spacial score (nSPS) is 12.9. The standard InChI is InChI=1S/C34H41NO3/c1-32(2,3)22-34(7,8)26-17-19-28-27(21-26)35-31(37-28)25-15-12-23(13-16-25)10-11-24-14-18-29(30(20-24)36-9)38-33(4,5)6/h10-21H,22H2,1-9H3. The van der Waals surface area contributed by atoms with E-state index in [1.54, 1.807) is 7.11 Å². The Morgan fingerprint density at radius 1 is 0.763 bits per heavy atom. The van der Waals surface area contributed by atoms with Crippen LogP contribution in [0.5, 0.6) is 11.5 Å². The van der Waals surface area contributed by atoms with Crippen LogP contribution >= 0.6 is 0 Å². The van der Waals surface area contributed by atoms with Gasteiger partial charge in [0, 0.05) is 5.56 Å². The van der Waals surface area contributed by atoms with Crippen molar-refractivity contribution in [1.29, 1.82) is 0 Å². The lowest BCUT2D eigenvalue weighted by molar-refractivity contribution is 0.125. The highest BCUT2D eigenvalue weighted by Crippen LogP contribution is 2.38. The molecule has 0 spiro atoms. The van der Waals surface area contributed by atoms with E-state index >= 15 is 0 Å². The van der Waals surface area contributed by atoms with Crippen LogP contribution in [0.4, 0.5) is 0 Å². The first-order chi connectivity index (χ1) is 17.7. The first kappa shape index (κ1) is 27.5. The molecule has 0 radical (unpaired) electrons. The number of ether oxygens (including phenoxy) is 2. The number of aromatic nitrogens is 1. The summed E-state index contributed by atoms with van der Waals surface area (Å²) in [5, 5.41) is 0. The lowest BCUT2D eigenvalue weighted by atomic mass is 9.72. The third kappa shape index (κ3) is 6.86. The second-order valence-electron chi connectivity index (χ2n) is 12.9. The van der Waals surface area contributed by atoms with Crippen molar-refractivity contribution in [3.05, 3.63) is 77.4 Å². The third-order valence-corrected chi connectivity index (χ3v) is 6.37. The molecule has 0 aliphatic heterocycles. The summed E-state index contributed by atoms with van der Waals surface area (Å²) >= 11 is 0. The number of oxazole rings is 1. The van der Waals surface area contributed by atoms with Gasteiger partial charge in [0.1, 0.15) is 11.1 Å². The van der Waals surface area contributed by atoms with E-state index in [0.717, 1.165) is 45.7 Å². The minimum atomic E-state index is -0.286. The number of hydrogen-bond acceptors (Lipinski definition) is 4. The van der Waals surface area contributed by atoms with Gasteiger partial charge in [-0.3, -0.25) is 0 Å². The summed E-state index contributed by atoms with van der Waals surface area (Å²) < 4.78 is 17.6. The van der Waals surface area contributed by atoms with Crippen LogP contribution in [-0.2, 0) is 5.41 Å². The van der Waals surface area contributed by atoms with Gasteiger partial charge < -0.3 is 13.9 Å². The van der Waals surface area contributed by atoms with Gasteiger partial charge in [-0.05, 0) is 91.1 Å². The van der Waals surface area contributed by atoms with Gasteiger partial charge in [0.25, 0.3) is 0 Å². The number of benzene rings is 3. The number of nitrogens with zero attached hydrogens (tertiary/aromatic N) is 1. The highest BCUT2D eigenvalue weighted by molar-refractivity contribution is 5.78. The van der Waals surface area contributed by atoms with Crippen LogP contribution in [0, 0.1) is 5.41 Å². The lowest BCUT2D eigenvalue weighted by Gasteiger charge is -2.32. The van der Waals surface area contributed by atoms with Crippen molar-refractivity contribution in [2.75, 3.05) is 7.11 Å². The summed E-state index contributed by atoms with van der Waals surface area (Å²) in [5.41, 5.74) is 6.11. The van der Waals surface area contributed by atoms with Gasteiger partial charge >= 0.3 is 0 Å². The Morgan fingerprint density at radius 2 is 1.42 bits per heavy atom. The molecule has 4 heteroatoms. The molecule has 0 saturated heterocycles. The molecule has 1 aromatic heterocycles. The molecule has 38 heavy (non-hydrogen) atoms. The Morgan fingerprint density at radius 3 is 2.05 bits per heavy atom. The van der Waals surface area contributed by atoms with Crippen molar-refractivity contribution in [3.8, 4) is 23.0 Å². The van der Waals surface area contributed by atoms with Crippen LogP contribution in [0.25, 0.3) is 34.7 Å². The summed E-state index contributed by atoms with van der Waals surface area (Å²) in [6, 6.07) is 20.6. The Hall–Kier alpha value is -3.53. The highest BCUT2D eigenvalue weighted by atomic mass is 16.5. The van der Waals surface area contributed by atoms with E-state index in [0.29, 0.717) is 5.89 Å². The second kappa shape index (κ2) is 10.3. The molecular weight excluding hydrogens is 470 g/mol. The van der Waals surface area contributed by atoms with Crippen LogP contribution in [0.1, 0.15) is 78.5 Å². The number of hydrogen-bond donors (Lipinski definition) is 0. The zero-order valence-corrected chi connectivity index (χ0v) is 24.3. The fourth-order valence-corrected chi connectivity index (χ4v) is 5.03. The summed E-state index contributed by atoms with van der Waals surface area (Å²) in [6.45, 7) is 17.5. The van der Waals surface area contributed by atoms with E-state index in [1.165, 1.54) is 5.56 Å². The van der Waals surface area contributed by atoms with Gasteiger partial charge in [0.2, 0.25) is 5.89 Å². The molecule has 0 aliphatic carbocycles. The predicted octanol–water partition coefficient (Wildman–Crippen LogP) is 9.56. The molecule has 0 amide bonds. The van der Waals surface area contributed by atoms with Crippen molar-refractivity contribution in [2.24, 2.45) is 5.41 Å². The number of rotatable bonds is 7. The summed E-state index contributed by atoms with van der Waals surface area (Å²) in [7, 11) is 1.66. The monoisotopic (exact) mass is 511 g/mol. The van der Waals surface area contributed by atoms with Crippen molar-refractivity contribution in [2.45, 2.75) is 72.8 Å². The van der Waals surface area contributed by atoms with E-state index in [1.807, 2.05) is 39.0 Å². The van der Waals surface area contributed by atoms with Crippen molar-refractivity contribution in [1.82, 2.24) is 4.98 Å². The topological polar surface area (TPSA) is 44.5 Å². The average molecular weight is 512 g/mol. The summed E-state index contributed by atoms with van der Waals surface area (Å²) in [5.74, 6) is 2.10. The Labute approximate surface area is 227 Å². The van der Waals surface area contributed by atoms with Crippen LogP contribution in [0.15, 0.2) is 65.1 Å².